The molecule has 5 nitrogen and oxygen atoms in total. The average Bonchev–Trinajstić information content (AvgIpc) is 2.98. The van der Waals surface area contributed by atoms with Gasteiger partial charge in [0.15, 0.2) is 0 Å². The first kappa shape index (κ1) is 14.1. The summed E-state index contributed by atoms with van der Waals surface area (Å²) in [6, 6.07) is 11.7. The molecule has 3 aromatic rings. The van der Waals surface area contributed by atoms with Crippen LogP contribution in [0.3, 0.4) is 0 Å². The van der Waals surface area contributed by atoms with Crippen molar-refractivity contribution >= 4 is 27.7 Å². The summed E-state index contributed by atoms with van der Waals surface area (Å²) in [6.45, 7) is 0. The monoisotopic (exact) mass is 368 g/mol. The van der Waals surface area contributed by atoms with Crippen molar-refractivity contribution in [3.05, 3.63) is 70.8 Å². The Balaban J connectivity index is 1.83. The van der Waals surface area contributed by atoms with Crippen LogP contribution in [-0.4, -0.2) is 20.4 Å². The summed E-state index contributed by atoms with van der Waals surface area (Å²) in [5.74, 6) is 0.650. The van der Waals surface area contributed by atoms with Crippen LogP contribution in [0, 0.1) is 0 Å². The van der Waals surface area contributed by atoms with Crippen molar-refractivity contribution in [2.75, 3.05) is 5.32 Å². The van der Waals surface area contributed by atoms with Crippen LogP contribution < -0.4 is 5.32 Å². The lowest BCUT2D eigenvalue weighted by Crippen LogP contribution is -2.24. The molecule has 4 rings (SSSR count). The molecule has 0 saturated heterocycles. The Kier molecular flexibility index (Phi) is 3.46. The molecule has 23 heavy (non-hydrogen) atoms. The van der Waals surface area contributed by atoms with Crippen molar-refractivity contribution in [2.24, 2.45) is 0 Å². The van der Waals surface area contributed by atoms with Gasteiger partial charge in [-0.05, 0) is 29.8 Å². The van der Waals surface area contributed by atoms with E-state index in [4.69, 9.17) is 0 Å². The lowest BCUT2D eigenvalue weighted by atomic mass is 9.91. The molecule has 1 N–H and O–H groups in total. The number of aromatic nitrogens is 3. The first-order valence-electron chi connectivity index (χ1n) is 7.25. The van der Waals surface area contributed by atoms with E-state index in [-0.39, 0.29) is 11.8 Å². The zero-order valence-corrected chi connectivity index (χ0v) is 13.7. The summed E-state index contributed by atoms with van der Waals surface area (Å²) < 4.78 is 2.88. The molecular weight excluding hydrogens is 356 g/mol. The number of rotatable bonds is 2. The number of hydrogen-bond acceptors (Lipinski definition) is 3. The second-order valence-corrected chi connectivity index (χ2v) is 6.34. The highest BCUT2D eigenvalue weighted by Gasteiger charge is 2.31. The van der Waals surface area contributed by atoms with Gasteiger partial charge >= 0.3 is 0 Å². The van der Waals surface area contributed by atoms with E-state index in [0.717, 1.165) is 27.2 Å². The molecule has 3 heterocycles. The van der Waals surface area contributed by atoms with Crippen molar-refractivity contribution in [3.63, 3.8) is 0 Å². The van der Waals surface area contributed by atoms with E-state index >= 15 is 0 Å². The highest BCUT2D eigenvalue weighted by molar-refractivity contribution is 9.10. The van der Waals surface area contributed by atoms with Gasteiger partial charge < -0.3 is 5.32 Å². The van der Waals surface area contributed by atoms with Crippen molar-refractivity contribution < 1.29 is 4.79 Å². The number of amides is 1. The molecule has 1 aromatic carbocycles. The molecule has 0 bridgehead atoms. The first-order valence-corrected chi connectivity index (χ1v) is 8.04. The zero-order valence-electron chi connectivity index (χ0n) is 12.1. The summed E-state index contributed by atoms with van der Waals surface area (Å²) in [6.07, 6.45) is 5.66. The fraction of sp³-hybridized carbons (Fsp3) is 0.118. The van der Waals surface area contributed by atoms with Gasteiger partial charge in [-0.3, -0.25) is 14.3 Å². The van der Waals surface area contributed by atoms with Crippen LogP contribution >= 0.6 is 15.9 Å². The average molecular weight is 369 g/mol. The van der Waals surface area contributed by atoms with E-state index in [1.54, 1.807) is 18.7 Å². The smallest absolute Gasteiger partial charge is 0.226 e. The minimum Gasteiger partial charge on any atom is -0.310 e. The number of carbonyl (C=O) groups excluding carboxylic acids is 1. The maximum atomic E-state index is 12.2. The van der Waals surface area contributed by atoms with Crippen LogP contribution in [0.15, 0.2) is 59.6 Å². The number of nitrogens with one attached hydrogen (secondary N) is 1. The van der Waals surface area contributed by atoms with Crippen molar-refractivity contribution in [3.8, 4) is 5.69 Å². The summed E-state index contributed by atoms with van der Waals surface area (Å²) in [5, 5.41) is 2.95. The number of fused-ring (bicyclic) bond motifs is 1. The van der Waals surface area contributed by atoms with Crippen LogP contribution in [-0.2, 0) is 4.79 Å². The largest absolute Gasteiger partial charge is 0.310 e. The molecule has 1 aliphatic rings. The molecule has 0 aliphatic carbocycles. The molecule has 114 valence electrons. The standard InChI is InChI=1S/C17H13BrN4O/c18-12-4-1-5-13(7-12)22-10-20-16-14(8-15(23)21-17(16)22)11-3-2-6-19-9-11/h1-7,9-10,14H,8H2,(H,21,23). The van der Waals surface area contributed by atoms with Gasteiger partial charge in [0, 0.05) is 34.9 Å². The Labute approximate surface area is 141 Å². The Morgan fingerprint density at radius 1 is 1.26 bits per heavy atom. The number of hydrogen-bond donors (Lipinski definition) is 1. The third-order valence-electron chi connectivity index (χ3n) is 3.95. The van der Waals surface area contributed by atoms with Crippen LogP contribution in [0.2, 0.25) is 0 Å². The zero-order chi connectivity index (χ0) is 15.8. The van der Waals surface area contributed by atoms with Gasteiger partial charge in [0.1, 0.15) is 12.1 Å². The number of imidazole rings is 1. The summed E-state index contributed by atoms with van der Waals surface area (Å²) in [7, 11) is 0. The summed E-state index contributed by atoms with van der Waals surface area (Å²) in [4.78, 5) is 20.9. The van der Waals surface area contributed by atoms with Crippen molar-refractivity contribution in [1.29, 1.82) is 0 Å². The molecule has 0 fully saturated rings. The second-order valence-electron chi connectivity index (χ2n) is 5.42. The molecule has 1 unspecified atom stereocenters. The molecule has 0 saturated carbocycles. The minimum absolute atomic E-state index is 0.0110. The Hall–Kier alpha value is -2.47. The molecule has 2 aromatic heterocycles. The first-order chi connectivity index (χ1) is 11.2. The highest BCUT2D eigenvalue weighted by Crippen LogP contribution is 2.37. The molecule has 6 heteroatoms. The maximum Gasteiger partial charge on any atom is 0.226 e. The predicted octanol–water partition coefficient (Wildman–Crippen LogP) is 3.50. The molecule has 0 radical (unpaired) electrons. The van der Waals surface area contributed by atoms with Gasteiger partial charge in [-0.2, -0.15) is 0 Å². The molecule has 0 spiro atoms. The highest BCUT2D eigenvalue weighted by atomic mass is 79.9. The van der Waals surface area contributed by atoms with E-state index in [0.29, 0.717) is 6.42 Å². The van der Waals surface area contributed by atoms with E-state index < -0.39 is 0 Å². The fourth-order valence-corrected chi connectivity index (χ4v) is 3.27. The molecule has 1 atom stereocenters. The summed E-state index contributed by atoms with van der Waals surface area (Å²) in [5.41, 5.74) is 2.82. The molecule has 1 aliphatic heterocycles. The molecule has 1 amide bonds. The van der Waals surface area contributed by atoms with Crippen LogP contribution in [0.25, 0.3) is 5.69 Å². The van der Waals surface area contributed by atoms with Crippen LogP contribution in [0.1, 0.15) is 23.6 Å². The lowest BCUT2D eigenvalue weighted by molar-refractivity contribution is -0.116. The predicted molar refractivity (Wildman–Crippen MR) is 90.6 cm³/mol. The number of nitrogens with zero attached hydrogens (tertiary/aromatic N) is 3. The third kappa shape index (κ3) is 2.55. The number of pyridine rings is 1. The van der Waals surface area contributed by atoms with Crippen LogP contribution in [0.5, 0.6) is 0 Å². The summed E-state index contributed by atoms with van der Waals surface area (Å²) >= 11 is 3.47. The lowest BCUT2D eigenvalue weighted by Gasteiger charge is -2.23. The maximum absolute atomic E-state index is 12.2. The van der Waals surface area contributed by atoms with Crippen LogP contribution in [0.4, 0.5) is 5.82 Å². The van der Waals surface area contributed by atoms with E-state index in [2.05, 4.69) is 31.2 Å². The normalized spacial score (nSPS) is 16.7. The minimum atomic E-state index is -0.0687. The van der Waals surface area contributed by atoms with Crippen molar-refractivity contribution in [1.82, 2.24) is 14.5 Å². The Bertz CT molecular complexity index is 875. The van der Waals surface area contributed by atoms with Gasteiger partial charge in [-0.1, -0.05) is 28.1 Å². The van der Waals surface area contributed by atoms with E-state index in [9.17, 15) is 4.79 Å². The van der Waals surface area contributed by atoms with Gasteiger partial charge in [0.25, 0.3) is 0 Å². The Morgan fingerprint density at radius 2 is 2.17 bits per heavy atom. The fourth-order valence-electron chi connectivity index (χ4n) is 2.89. The topological polar surface area (TPSA) is 59.8 Å². The van der Waals surface area contributed by atoms with Crippen molar-refractivity contribution in [2.45, 2.75) is 12.3 Å². The van der Waals surface area contributed by atoms with Gasteiger partial charge in [0.2, 0.25) is 5.91 Å². The SMILES string of the molecule is O=C1CC(c2cccnc2)c2ncn(-c3cccc(Br)c3)c2N1. The quantitative estimate of drug-likeness (QED) is 0.752. The Morgan fingerprint density at radius 3 is 2.96 bits per heavy atom. The number of halogens is 1. The van der Waals surface area contributed by atoms with Gasteiger partial charge in [-0.15, -0.1) is 0 Å². The molecular formula is C17H13BrN4O. The second kappa shape index (κ2) is 5.62. The number of anilines is 1. The van der Waals surface area contributed by atoms with E-state index in [1.165, 1.54) is 0 Å². The van der Waals surface area contributed by atoms with Gasteiger partial charge in [0.05, 0.1) is 5.69 Å². The number of carbonyl (C=O) groups is 1. The number of benzene rings is 1. The van der Waals surface area contributed by atoms with Gasteiger partial charge in [-0.25, -0.2) is 4.98 Å². The van der Waals surface area contributed by atoms with E-state index in [1.807, 2.05) is 41.0 Å². The third-order valence-corrected chi connectivity index (χ3v) is 4.44.